The Bertz CT molecular complexity index is 119. The molecule has 74 valence electrons. The molecular weight excluding hydrogens is 150 g/mol. The number of rotatable bonds is 5. The monoisotopic (exact) mass is 173 g/mol. The summed E-state index contributed by atoms with van der Waals surface area (Å²) >= 11 is 0. The van der Waals surface area contributed by atoms with E-state index in [0.29, 0.717) is 17.9 Å². The predicted octanol–water partition coefficient (Wildman–Crippen LogP) is 1.64. The zero-order valence-electron chi connectivity index (χ0n) is 9.02. The minimum atomic E-state index is -0.243. The third-order valence-electron chi connectivity index (χ3n) is 2.58. The Kier molecular flexibility index (Phi) is 4.80. The lowest BCUT2D eigenvalue weighted by Crippen LogP contribution is -2.36. The summed E-state index contributed by atoms with van der Waals surface area (Å²) in [6.45, 7) is 12.4. The lowest BCUT2D eigenvalue weighted by Gasteiger charge is -2.29. The first-order chi connectivity index (χ1) is 5.36. The van der Waals surface area contributed by atoms with Crippen molar-refractivity contribution < 1.29 is 5.11 Å². The van der Waals surface area contributed by atoms with Crippen LogP contribution in [0.1, 0.15) is 34.6 Å². The zero-order valence-corrected chi connectivity index (χ0v) is 9.02. The van der Waals surface area contributed by atoms with Crippen molar-refractivity contribution in [3.63, 3.8) is 0 Å². The number of hydrogen-bond donors (Lipinski definition) is 2. The molecule has 0 spiro atoms. The highest BCUT2D eigenvalue weighted by Gasteiger charge is 2.21. The van der Waals surface area contributed by atoms with Crippen molar-refractivity contribution in [3.8, 4) is 0 Å². The van der Waals surface area contributed by atoms with Crippen LogP contribution in [0.25, 0.3) is 0 Å². The number of nitrogens with one attached hydrogen (secondary N) is 1. The average Bonchev–Trinajstić information content (AvgIpc) is 1.85. The van der Waals surface area contributed by atoms with Gasteiger partial charge < -0.3 is 10.4 Å². The van der Waals surface area contributed by atoms with Crippen LogP contribution in [0.3, 0.4) is 0 Å². The largest absolute Gasteiger partial charge is 0.392 e. The van der Waals surface area contributed by atoms with Gasteiger partial charge in [0.2, 0.25) is 0 Å². The fraction of sp³-hybridized carbons (Fsp3) is 1.00. The van der Waals surface area contributed by atoms with Gasteiger partial charge in [0.1, 0.15) is 0 Å². The van der Waals surface area contributed by atoms with Crippen molar-refractivity contribution in [3.05, 3.63) is 0 Å². The molecule has 1 unspecified atom stereocenters. The summed E-state index contributed by atoms with van der Waals surface area (Å²) in [5.41, 5.74) is 0.314. The molecule has 0 aromatic carbocycles. The normalized spacial score (nSPS) is 15.2. The molecule has 2 N–H and O–H groups in total. The maximum atomic E-state index is 9.03. The van der Waals surface area contributed by atoms with Crippen LogP contribution in [0.4, 0.5) is 0 Å². The Morgan fingerprint density at radius 1 is 1.25 bits per heavy atom. The van der Waals surface area contributed by atoms with Crippen LogP contribution in [-0.2, 0) is 0 Å². The molecule has 0 aliphatic rings. The molecule has 1 atom stereocenters. The molecule has 0 saturated heterocycles. The van der Waals surface area contributed by atoms with Gasteiger partial charge in [0.15, 0.2) is 0 Å². The van der Waals surface area contributed by atoms with Gasteiger partial charge in [-0.15, -0.1) is 0 Å². The van der Waals surface area contributed by atoms with Crippen LogP contribution < -0.4 is 5.32 Å². The van der Waals surface area contributed by atoms with Gasteiger partial charge in [-0.05, 0) is 18.3 Å². The summed E-state index contributed by atoms with van der Waals surface area (Å²) in [7, 11) is 0. The summed E-state index contributed by atoms with van der Waals surface area (Å²) in [4.78, 5) is 0. The Morgan fingerprint density at radius 3 is 2.08 bits per heavy atom. The van der Waals surface area contributed by atoms with E-state index in [1.165, 1.54) is 0 Å². The first-order valence-electron chi connectivity index (χ1n) is 4.75. The fourth-order valence-electron chi connectivity index (χ4n) is 0.807. The lowest BCUT2D eigenvalue weighted by atomic mass is 9.81. The highest BCUT2D eigenvalue weighted by atomic mass is 16.3. The van der Waals surface area contributed by atoms with Crippen molar-refractivity contribution >= 4 is 0 Å². The lowest BCUT2D eigenvalue weighted by molar-refractivity contribution is 0.174. The van der Waals surface area contributed by atoms with Gasteiger partial charge in [-0.25, -0.2) is 0 Å². The van der Waals surface area contributed by atoms with Gasteiger partial charge in [-0.1, -0.05) is 27.7 Å². The molecule has 0 radical (unpaired) electrons. The van der Waals surface area contributed by atoms with Gasteiger partial charge in [-0.3, -0.25) is 0 Å². The van der Waals surface area contributed by atoms with E-state index in [-0.39, 0.29) is 6.10 Å². The zero-order chi connectivity index (χ0) is 9.78. The molecule has 0 bridgehead atoms. The summed E-state index contributed by atoms with van der Waals surface area (Å²) in [6.07, 6.45) is -0.243. The van der Waals surface area contributed by atoms with Crippen LogP contribution in [0, 0.1) is 11.3 Å². The SMILES string of the molecule is CC(O)CNCC(C)(C)C(C)C. The molecule has 0 saturated carbocycles. The first kappa shape index (κ1) is 11.9. The fourth-order valence-corrected chi connectivity index (χ4v) is 0.807. The van der Waals surface area contributed by atoms with Crippen LogP contribution in [0.5, 0.6) is 0 Å². The molecule has 2 heteroatoms. The maximum Gasteiger partial charge on any atom is 0.0636 e. The maximum absolute atomic E-state index is 9.03. The summed E-state index contributed by atoms with van der Waals surface area (Å²) < 4.78 is 0. The van der Waals surface area contributed by atoms with Crippen LogP contribution in [0.2, 0.25) is 0 Å². The van der Waals surface area contributed by atoms with E-state index in [1.807, 2.05) is 0 Å². The Morgan fingerprint density at radius 2 is 1.75 bits per heavy atom. The second-order valence-corrected chi connectivity index (χ2v) is 4.62. The predicted molar refractivity (Wildman–Crippen MR) is 53.2 cm³/mol. The smallest absolute Gasteiger partial charge is 0.0636 e. The molecule has 12 heavy (non-hydrogen) atoms. The highest BCUT2D eigenvalue weighted by Crippen LogP contribution is 2.24. The topological polar surface area (TPSA) is 32.3 Å². The number of hydrogen-bond acceptors (Lipinski definition) is 2. The number of aliphatic hydroxyl groups is 1. The van der Waals surface area contributed by atoms with Crippen LogP contribution in [-0.4, -0.2) is 24.3 Å². The molecule has 0 aromatic rings. The second kappa shape index (κ2) is 4.83. The van der Waals surface area contributed by atoms with E-state index in [0.717, 1.165) is 6.54 Å². The van der Waals surface area contributed by atoms with Crippen molar-refractivity contribution in [1.82, 2.24) is 5.32 Å². The van der Waals surface area contributed by atoms with Gasteiger partial charge in [-0.2, -0.15) is 0 Å². The number of aliphatic hydroxyl groups excluding tert-OH is 1. The van der Waals surface area contributed by atoms with Crippen molar-refractivity contribution in [1.29, 1.82) is 0 Å². The average molecular weight is 173 g/mol. The van der Waals surface area contributed by atoms with Crippen molar-refractivity contribution in [2.75, 3.05) is 13.1 Å². The molecule has 0 heterocycles. The van der Waals surface area contributed by atoms with E-state index in [2.05, 4.69) is 33.0 Å². The molecular formula is C10H23NO. The molecule has 0 aliphatic carbocycles. The van der Waals surface area contributed by atoms with Gasteiger partial charge in [0.05, 0.1) is 6.10 Å². The quantitative estimate of drug-likeness (QED) is 0.662. The van der Waals surface area contributed by atoms with E-state index < -0.39 is 0 Å². The van der Waals surface area contributed by atoms with E-state index in [4.69, 9.17) is 5.11 Å². The van der Waals surface area contributed by atoms with Crippen LogP contribution in [0.15, 0.2) is 0 Å². The Labute approximate surface area is 76.4 Å². The standard InChI is InChI=1S/C10H23NO/c1-8(2)10(4,5)7-11-6-9(3)12/h8-9,11-12H,6-7H2,1-5H3. The van der Waals surface area contributed by atoms with Gasteiger partial charge >= 0.3 is 0 Å². The molecule has 0 aliphatic heterocycles. The van der Waals surface area contributed by atoms with E-state index >= 15 is 0 Å². The molecule has 0 aromatic heterocycles. The highest BCUT2D eigenvalue weighted by molar-refractivity contribution is 4.75. The van der Waals surface area contributed by atoms with Gasteiger partial charge in [0, 0.05) is 13.1 Å². The van der Waals surface area contributed by atoms with Crippen molar-refractivity contribution in [2.45, 2.75) is 40.7 Å². The summed E-state index contributed by atoms with van der Waals surface area (Å²) in [6, 6.07) is 0. The molecule has 0 rings (SSSR count). The summed E-state index contributed by atoms with van der Waals surface area (Å²) in [5, 5.41) is 12.3. The summed E-state index contributed by atoms with van der Waals surface area (Å²) in [5.74, 6) is 0.666. The Balaban J connectivity index is 3.61. The van der Waals surface area contributed by atoms with Crippen molar-refractivity contribution in [2.24, 2.45) is 11.3 Å². The third kappa shape index (κ3) is 4.73. The van der Waals surface area contributed by atoms with Crippen LogP contribution >= 0.6 is 0 Å². The van der Waals surface area contributed by atoms with Gasteiger partial charge in [0.25, 0.3) is 0 Å². The third-order valence-corrected chi connectivity index (χ3v) is 2.58. The molecule has 2 nitrogen and oxygen atoms in total. The minimum Gasteiger partial charge on any atom is -0.392 e. The molecule has 0 amide bonds. The first-order valence-corrected chi connectivity index (χ1v) is 4.75. The van der Waals surface area contributed by atoms with E-state index in [1.54, 1.807) is 6.92 Å². The van der Waals surface area contributed by atoms with E-state index in [9.17, 15) is 0 Å². The Hall–Kier alpha value is -0.0800. The minimum absolute atomic E-state index is 0.243. The molecule has 0 fully saturated rings. The second-order valence-electron chi connectivity index (χ2n) is 4.62.